The van der Waals surface area contributed by atoms with Crippen molar-refractivity contribution in [3.63, 3.8) is 0 Å². The molecule has 0 fully saturated rings. The lowest BCUT2D eigenvalue weighted by Gasteiger charge is -2.21. The standard InChI is InChI=1S/C17H20N2O.C11H21NO/c1-11-6-5-7-16(19-11)13(3)12(2)14-8-9-17(20-4)15(18)10-14;1-5-7-8-9-12(11(4)13)10(3)6-2/h5-10H,18H2,1-4H3;6H,5,7-9H2,1-4H3/b13-12-;10-6+. The topological polar surface area (TPSA) is 68.5 Å². The molecule has 5 heteroatoms. The Morgan fingerprint density at radius 1 is 1.09 bits per heavy atom. The predicted octanol–water partition coefficient (Wildman–Crippen LogP) is 6.88. The molecule has 0 radical (unpaired) electrons. The Labute approximate surface area is 200 Å². The van der Waals surface area contributed by atoms with Crippen LogP contribution in [0.5, 0.6) is 5.75 Å². The van der Waals surface area contributed by atoms with Crippen LogP contribution in [0.25, 0.3) is 11.1 Å². The van der Waals surface area contributed by atoms with E-state index >= 15 is 0 Å². The summed E-state index contributed by atoms with van der Waals surface area (Å²) in [5.74, 6) is 0.847. The van der Waals surface area contributed by atoms with Crippen LogP contribution in [0, 0.1) is 6.92 Å². The maximum atomic E-state index is 11.2. The molecule has 0 saturated carbocycles. The minimum Gasteiger partial charge on any atom is -0.495 e. The summed E-state index contributed by atoms with van der Waals surface area (Å²) in [5.41, 5.74) is 13.1. The van der Waals surface area contributed by atoms with Gasteiger partial charge in [0.25, 0.3) is 0 Å². The van der Waals surface area contributed by atoms with Crippen molar-refractivity contribution in [3.05, 3.63) is 65.1 Å². The Morgan fingerprint density at radius 2 is 1.79 bits per heavy atom. The monoisotopic (exact) mass is 451 g/mol. The van der Waals surface area contributed by atoms with Crippen molar-refractivity contribution < 1.29 is 9.53 Å². The Morgan fingerprint density at radius 3 is 2.30 bits per heavy atom. The number of hydrogen-bond acceptors (Lipinski definition) is 4. The fourth-order valence-corrected chi connectivity index (χ4v) is 3.39. The number of nitrogens with zero attached hydrogens (tertiary/aromatic N) is 2. The minimum absolute atomic E-state index is 0.145. The first-order valence-electron chi connectivity index (χ1n) is 11.6. The number of rotatable bonds is 8. The van der Waals surface area contributed by atoms with Gasteiger partial charge in [-0.3, -0.25) is 9.78 Å². The molecular formula is C28H41N3O2. The van der Waals surface area contributed by atoms with Gasteiger partial charge < -0.3 is 15.4 Å². The number of benzene rings is 1. The van der Waals surface area contributed by atoms with Gasteiger partial charge in [0, 0.05) is 24.9 Å². The highest BCUT2D eigenvalue weighted by atomic mass is 16.5. The van der Waals surface area contributed by atoms with Gasteiger partial charge in [-0.05, 0) is 82.0 Å². The van der Waals surface area contributed by atoms with Gasteiger partial charge in [-0.1, -0.05) is 38.0 Å². The molecule has 1 aromatic heterocycles. The molecule has 0 aliphatic heterocycles. The van der Waals surface area contributed by atoms with E-state index in [-0.39, 0.29) is 5.91 Å². The van der Waals surface area contributed by atoms with E-state index in [1.165, 1.54) is 12.8 Å². The summed E-state index contributed by atoms with van der Waals surface area (Å²) in [4.78, 5) is 17.6. The molecule has 2 rings (SSSR count). The lowest BCUT2D eigenvalue weighted by molar-refractivity contribution is -0.127. The van der Waals surface area contributed by atoms with Gasteiger partial charge in [0.15, 0.2) is 0 Å². The number of carbonyl (C=O) groups excluding carboxylic acids is 1. The molecule has 1 amide bonds. The summed E-state index contributed by atoms with van der Waals surface area (Å²) in [5, 5.41) is 0. The number of allylic oxidation sites excluding steroid dienone is 4. The molecule has 5 nitrogen and oxygen atoms in total. The zero-order valence-corrected chi connectivity index (χ0v) is 21.7. The lowest BCUT2D eigenvalue weighted by atomic mass is 9.99. The molecule has 0 aliphatic rings. The van der Waals surface area contributed by atoms with E-state index < -0.39 is 0 Å². The van der Waals surface area contributed by atoms with Crippen LogP contribution in [0.2, 0.25) is 0 Å². The first-order chi connectivity index (χ1) is 15.7. The number of carbonyl (C=O) groups is 1. The number of methoxy groups -OCH3 is 1. The maximum absolute atomic E-state index is 11.2. The second-order valence-electron chi connectivity index (χ2n) is 8.18. The van der Waals surface area contributed by atoms with Crippen LogP contribution < -0.4 is 10.5 Å². The average molecular weight is 452 g/mol. The molecule has 1 heterocycles. The fraction of sp³-hybridized carbons (Fsp3) is 0.429. The molecule has 2 N–H and O–H groups in total. The second kappa shape index (κ2) is 14.1. The summed E-state index contributed by atoms with van der Waals surface area (Å²) < 4.78 is 5.19. The largest absolute Gasteiger partial charge is 0.495 e. The molecule has 1 aromatic carbocycles. The van der Waals surface area contributed by atoms with E-state index in [1.807, 2.05) is 68.1 Å². The molecule has 0 atom stereocenters. The fourth-order valence-electron chi connectivity index (χ4n) is 3.39. The van der Waals surface area contributed by atoms with Crippen LogP contribution in [-0.4, -0.2) is 29.4 Å². The van der Waals surface area contributed by atoms with Crippen LogP contribution in [-0.2, 0) is 4.79 Å². The first-order valence-corrected chi connectivity index (χ1v) is 11.6. The zero-order valence-electron chi connectivity index (χ0n) is 21.7. The predicted molar refractivity (Wildman–Crippen MR) is 141 cm³/mol. The second-order valence-corrected chi connectivity index (χ2v) is 8.18. The SMILES string of the molecule is C/C=C(\C)N(CCCCC)C(C)=O.COc1ccc(/C(C)=C(/C)c2cccc(C)n2)cc1N. The number of hydrogen-bond donors (Lipinski definition) is 1. The van der Waals surface area contributed by atoms with Gasteiger partial charge in [-0.25, -0.2) is 0 Å². The average Bonchev–Trinajstić information content (AvgIpc) is 2.80. The van der Waals surface area contributed by atoms with Crippen molar-refractivity contribution in [3.8, 4) is 5.75 Å². The molecule has 2 aromatic rings. The van der Waals surface area contributed by atoms with E-state index in [1.54, 1.807) is 14.0 Å². The molecule has 0 aliphatic carbocycles. The van der Waals surface area contributed by atoms with Gasteiger partial charge in [-0.2, -0.15) is 0 Å². The number of unbranched alkanes of at least 4 members (excludes halogenated alkanes) is 2. The number of aryl methyl sites for hydroxylation is 1. The van der Waals surface area contributed by atoms with Crippen molar-refractivity contribution in [2.45, 2.75) is 67.7 Å². The highest BCUT2D eigenvalue weighted by Gasteiger charge is 2.09. The highest BCUT2D eigenvalue weighted by Crippen LogP contribution is 2.29. The van der Waals surface area contributed by atoms with E-state index in [2.05, 4.69) is 25.8 Å². The van der Waals surface area contributed by atoms with Gasteiger partial charge >= 0.3 is 0 Å². The van der Waals surface area contributed by atoms with Crippen molar-refractivity contribution >= 4 is 22.7 Å². The number of pyridine rings is 1. The van der Waals surface area contributed by atoms with Gasteiger partial charge in [0.2, 0.25) is 5.91 Å². The lowest BCUT2D eigenvalue weighted by Crippen LogP contribution is -2.27. The van der Waals surface area contributed by atoms with Gasteiger partial charge in [0.05, 0.1) is 18.5 Å². The smallest absolute Gasteiger partial charge is 0.223 e. The Bertz CT molecular complexity index is 977. The first kappa shape index (κ1) is 28.0. The third-order valence-electron chi connectivity index (χ3n) is 5.71. The van der Waals surface area contributed by atoms with Crippen molar-refractivity contribution in [1.29, 1.82) is 0 Å². The summed E-state index contributed by atoms with van der Waals surface area (Å²) in [7, 11) is 1.62. The van der Waals surface area contributed by atoms with Crippen LogP contribution in [0.1, 0.15) is 77.8 Å². The number of nitrogen functional groups attached to an aromatic ring is 1. The Balaban J connectivity index is 0.000000366. The van der Waals surface area contributed by atoms with Crippen LogP contribution in [0.4, 0.5) is 5.69 Å². The van der Waals surface area contributed by atoms with Crippen molar-refractivity contribution in [1.82, 2.24) is 9.88 Å². The molecule has 180 valence electrons. The highest BCUT2D eigenvalue weighted by molar-refractivity contribution is 5.88. The summed E-state index contributed by atoms with van der Waals surface area (Å²) in [6.45, 7) is 14.8. The number of amides is 1. The normalized spacial score (nSPS) is 11.8. The summed E-state index contributed by atoms with van der Waals surface area (Å²) in [6, 6.07) is 11.9. The molecule has 0 unspecified atom stereocenters. The van der Waals surface area contributed by atoms with Crippen LogP contribution >= 0.6 is 0 Å². The maximum Gasteiger partial charge on any atom is 0.223 e. The summed E-state index contributed by atoms with van der Waals surface area (Å²) in [6.07, 6.45) is 5.47. The molecule has 0 saturated heterocycles. The third kappa shape index (κ3) is 8.76. The molecule has 0 spiro atoms. The number of anilines is 1. The minimum atomic E-state index is 0.145. The van der Waals surface area contributed by atoms with E-state index in [0.717, 1.165) is 46.8 Å². The van der Waals surface area contributed by atoms with Gasteiger partial charge in [0.1, 0.15) is 5.75 Å². The van der Waals surface area contributed by atoms with E-state index in [0.29, 0.717) is 11.4 Å². The molecule has 0 bridgehead atoms. The molecular weight excluding hydrogens is 410 g/mol. The van der Waals surface area contributed by atoms with Gasteiger partial charge in [-0.15, -0.1) is 0 Å². The number of ether oxygens (including phenoxy) is 1. The van der Waals surface area contributed by atoms with Crippen LogP contribution in [0.15, 0.2) is 48.2 Å². The van der Waals surface area contributed by atoms with Crippen molar-refractivity contribution in [2.24, 2.45) is 0 Å². The third-order valence-corrected chi connectivity index (χ3v) is 5.71. The van der Waals surface area contributed by atoms with Crippen LogP contribution in [0.3, 0.4) is 0 Å². The van der Waals surface area contributed by atoms with Crippen molar-refractivity contribution in [2.75, 3.05) is 19.4 Å². The Hall–Kier alpha value is -3.08. The van der Waals surface area contributed by atoms with E-state index in [9.17, 15) is 4.79 Å². The molecule has 33 heavy (non-hydrogen) atoms. The summed E-state index contributed by atoms with van der Waals surface area (Å²) >= 11 is 0. The number of nitrogens with two attached hydrogens (primary N) is 1. The number of aromatic nitrogens is 1. The Kier molecular flexibility index (Phi) is 12.0. The van der Waals surface area contributed by atoms with E-state index in [4.69, 9.17) is 10.5 Å². The quantitative estimate of drug-likeness (QED) is 0.351. The zero-order chi connectivity index (χ0) is 25.0.